The lowest BCUT2D eigenvalue weighted by molar-refractivity contribution is -0.385. The van der Waals surface area contributed by atoms with Gasteiger partial charge in [0, 0.05) is 6.54 Å². The number of aromatic nitrogens is 2. The standard InChI is InChI=1S/C9H12N4O4/c1-2-3-12(6-8(14)15)9-10-4-7(5-11-9)13(16)17/h4-5H,2-3,6H2,1H3,(H,14,15). The lowest BCUT2D eigenvalue weighted by atomic mass is 10.4. The molecule has 0 bridgehead atoms. The molecule has 0 aliphatic carbocycles. The molecule has 0 spiro atoms. The number of nitro groups is 1. The summed E-state index contributed by atoms with van der Waals surface area (Å²) < 4.78 is 0. The molecule has 0 radical (unpaired) electrons. The van der Waals surface area contributed by atoms with Crippen LogP contribution in [-0.4, -0.2) is 39.1 Å². The highest BCUT2D eigenvalue weighted by Crippen LogP contribution is 2.12. The number of carboxylic acids is 1. The van der Waals surface area contributed by atoms with Crippen molar-refractivity contribution in [2.75, 3.05) is 18.0 Å². The van der Waals surface area contributed by atoms with Gasteiger partial charge in [-0.2, -0.15) is 0 Å². The molecule has 0 aromatic carbocycles. The van der Waals surface area contributed by atoms with Crippen molar-refractivity contribution in [3.05, 3.63) is 22.5 Å². The first-order chi connectivity index (χ1) is 8.04. The molecule has 8 heteroatoms. The molecular weight excluding hydrogens is 228 g/mol. The van der Waals surface area contributed by atoms with Gasteiger partial charge in [0.25, 0.3) is 0 Å². The summed E-state index contributed by atoms with van der Waals surface area (Å²) in [4.78, 5) is 29.4. The minimum Gasteiger partial charge on any atom is -0.480 e. The van der Waals surface area contributed by atoms with Gasteiger partial charge in [-0.25, -0.2) is 9.97 Å². The summed E-state index contributed by atoms with van der Waals surface area (Å²) in [7, 11) is 0. The van der Waals surface area contributed by atoms with E-state index in [4.69, 9.17) is 5.11 Å². The third-order valence-corrected chi connectivity index (χ3v) is 1.94. The maximum atomic E-state index is 10.6. The van der Waals surface area contributed by atoms with Crippen LogP contribution in [0.3, 0.4) is 0 Å². The Labute approximate surface area is 97.1 Å². The quantitative estimate of drug-likeness (QED) is 0.575. The van der Waals surface area contributed by atoms with Gasteiger partial charge in [-0.05, 0) is 6.42 Å². The van der Waals surface area contributed by atoms with Gasteiger partial charge in [0.1, 0.15) is 18.9 Å². The van der Waals surface area contributed by atoms with Gasteiger partial charge in [-0.1, -0.05) is 6.92 Å². The van der Waals surface area contributed by atoms with Gasteiger partial charge in [-0.3, -0.25) is 14.9 Å². The Morgan fingerprint density at radius 1 is 1.53 bits per heavy atom. The number of hydrogen-bond donors (Lipinski definition) is 1. The van der Waals surface area contributed by atoms with Crippen molar-refractivity contribution < 1.29 is 14.8 Å². The van der Waals surface area contributed by atoms with Crippen molar-refractivity contribution in [2.45, 2.75) is 13.3 Å². The monoisotopic (exact) mass is 240 g/mol. The van der Waals surface area contributed by atoms with Crippen LogP contribution in [0, 0.1) is 10.1 Å². The number of aliphatic carboxylic acids is 1. The third-order valence-electron chi connectivity index (χ3n) is 1.94. The summed E-state index contributed by atoms with van der Waals surface area (Å²) in [6.45, 7) is 2.13. The van der Waals surface area contributed by atoms with Gasteiger partial charge < -0.3 is 10.0 Å². The smallest absolute Gasteiger partial charge is 0.323 e. The SMILES string of the molecule is CCCN(CC(=O)O)c1ncc([N+](=O)[O-])cn1. The molecule has 0 fully saturated rings. The van der Waals surface area contributed by atoms with E-state index >= 15 is 0 Å². The van der Waals surface area contributed by atoms with Gasteiger partial charge in [0.05, 0.1) is 4.92 Å². The molecule has 0 saturated carbocycles. The molecule has 1 rings (SSSR count). The lowest BCUT2D eigenvalue weighted by Crippen LogP contribution is -2.31. The minimum atomic E-state index is -1.000. The van der Waals surface area contributed by atoms with Crippen molar-refractivity contribution >= 4 is 17.6 Å². The molecule has 1 aromatic heterocycles. The summed E-state index contributed by atoms with van der Waals surface area (Å²) in [6.07, 6.45) is 2.85. The van der Waals surface area contributed by atoms with Gasteiger partial charge >= 0.3 is 11.7 Å². The molecule has 17 heavy (non-hydrogen) atoms. The second-order valence-electron chi connectivity index (χ2n) is 3.31. The van der Waals surface area contributed by atoms with Crippen LogP contribution in [0.1, 0.15) is 13.3 Å². The molecule has 0 amide bonds. The zero-order chi connectivity index (χ0) is 12.8. The Bertz CT molecular complexity index is 406. The molecule has 0 aliphatic heterocycles. The lowest BCUT2D eigenvalue weighted by Gasteiger charge is -2.18. The normalized spacial score (nSPS) is 9.94. The fourth-order valence-electron chi connectivity index (χ4n) is 1.25. The van der Waals surface area contributed by atoms with Crippen LogP contribution in [0.2, 0.25) is 0 Å². The maximum absolute atomic E-state index is 10.6. The van der Waals surface area contributed by atoms with Crippen LogP contribution in [0.15, 0.2) is 12.4 Å². The van der Waals surface area contributed by atoms with E-state index in [0.717, 1.165) is 18.8 Å². The predicted octanol–water partition coefficient (Wildman–Crippen LogP) is 0.686. The van der Waals surface area contributed by atoms with Gasteiger partial charge in [-0.15, -0.1) is 0 Å². The van der Waals surface area contributed by atoms with Crippen molar-refractivity contribution in [3.63, 3.8) is 0 Å². The molecular formula is C9H12N4O4. The third kappa shape index (κ3) is 3.67. The average Bonchev–Trinajstić information content (AvgIpc) is 2.28. The van der Waals surface area contributed by atoms with E-state index in [2.05, 4.69) is 9.97 Å². The molecule has 0 aliphatic rings. The van der Waals surface area contributed by atoms with Crippen LogP contribution in [0.4, 0.5) is 11.6 Å². The number of nitrogens with zero attached hydrogens (tertiary/aromatic N) is 4. The molecule has 0 saturated heterocycles. The Morgan fingerprint density at radius 2 is 2.12 bits per heavy atom. The second-order valence-corrected chi connectivity index (χ2v) is 3.31. The predicted molar refractivity (Wildman–Crippen MR) is 58.8 cm³/mol. The second kappa shape index (κ2) is 5.73. The molecule has 0 atom stereocenters. The largest absolute Gasteiger partial charge is 0.480 e. The molecule has 8 nitrogen and oxygen atoms in total. The highest BCUT2D eigenvalue weighted by molar-refractivity contribution is 5.72. The Morgan fingerprint density at radius 3 is 2.53 bits per heavy atom. The Kier molecular flexibility index (Phi) is 4.32. The van der Waals surface area contributed by atoms with Crippen molar-refractivity contribution in [1.29, 1.82) is 0 Å². The van der Waals surface area contributed by atoms with Crippen LogP contribution in [0.5, 0.6) is 0 Å². The van der Waals surface area contributed by atoms with Crippen LogP contribution < -0.4 is 4.90 Å². The minimum absolute atomic E-state index is 0.180. The zero-order valence-corrected chi connectivity index (χ0v) is 9.24. The van der Waals surface area contributed by atoms with Gasteiger partial charge in [0.15, 0.2) is 0 Å². The van der Waals surface area contributed by atoms with E-state index < -0.39 is 10.9 Å². The molecule has 0 unspecified atom stereocenters. The van der Waals surface area contributed by atoms with E-state index in [0.29, 0.717) is 6.54 Å². The zero-order valence-electron chi connectivity index (χ0n) is 9.24. The van der Waals surface area contributed by atoms with Crippen LogP contribution in [-0.2, 0) is 4.79 Å². The molecule has 1 heterocycles. The highest BCUT2D eigenvalue weighted by atomic mass is 16.6. The van der Waals surface area contributed by atoms with E-state index in [1.165, 1.54) is 4.90 Å². The van der Waals surface area contributed by atoms with E-state index in [1.54, 1.807) is 0 Å². The molecule has 1 aromatic rings. The Balaban J connectivity index is 2.86. The highest BCUT2D eigenvalue weighted by Gasteiger charge is 2.14. The van der Waals surface area contributed by atoms with Crippen LogP contribution >= 0.6 is 0 Å². The Hall–Kier alpha value is -2.25. The maximum Gasteiger partial charge on any atom is 0.323 e. The van der Waals surface area contributed by atoms with E-state index in [9.17, 15) is 14.9 Å². The summed E-state index contributed by atoms with van der Waals surface area (Å²) in [5.41, 5.74) is -0.222. The fraction of sp³-hybridized carbons (Fsp3) is 0.444. The first kappa shape index (κ1) is 12.8. The van der Waals surface area contributed by atoms with E-state index in [-0.39, 0.29) is 18.2 Å². The summed E-state index contributed by atoms with van der Waals surface area (Å²) in [5, 5.41) is 19.1. The fourth-order valence-corrected chi connectivity index (χ4v) is 1.25. The van der Waals surface area contributed by atoms with E-state index in [1.807, 2.05) is 6.92 Å². The molecule has 92 valence electrons. The summed E-state index contributed by atoms with van der Waals surface area (Å²) in [6, 6.07) is 0. The molecule has 1 N–H and O–H groups in total. The van der Waals surface area contributed by atoms with Crippen LogP contribution in [0.25, 0.3) is 0 Å². The summed E-state index contributed by atoms with van der Waals surface area (Å²) >= 11 is 0. The van der Waals surface area contributed by atoms with Crippen molar-refractivity contribution in [3.8, 4) is 0 Å². The van der Waals surface area contributed by atoms with Crippen molar-refractivity contribution in [1.82, 2.24) is 9.97 Å². The van der Waals surface area contributed by atoms with Gasteiger partial charge in [0.2, 0.25) is 5.95 Å². The number of carboxylic acid groups (broad SMARTS) is 1. The number of anilines is 1. The topological polar surface area (TPSA) is 109 Å². The number of carbonyl (C=O) groups is 1. The average molecular weight is 240 g/mol. The first-order valence-corrected chi connectivity index (χ1v) is 4.97. The number of rotatable bonds is 6. The van der Waals surface area contributed by atoms with Crippen molar-refractivity contribution in [2.24, 2.45) is 0 Å². The first-order valence-electron chi connectivity index (χ1n) is 4.97. The number of hydrogen-bond acceptors (Lipinski definition) is 6. The summed E-state index contributed by atoms with van der Waals surface area (Å²) in [5.74, 6) is -0.819.